The second kappa shape index (κ2) is 9.15. The van der Waals surface area contributed by atoms with E-state index in [-0.39, 0.29) is 51.4 Å². The van der Waals surface area contributed by atoms with Crippen LogP contribution in [-0.4, -0.2) is 7.54 Å². The molecule has 0 radical (unpaired) electrons. The maximum absolute atomic E-state index is 9.67. The van der Waals surface area contributed by atoms with Gasteiger partial charge in [0.25, 0.3) is 0 Å². The molecule has 0 amide bonds. The van der Waals surface area contributed by atoms with E-state index in [1.165, 1.54) is 0 Å². The Morgan fingerprint density at radius 3 is 1.91 bits per heavy atom. The molecular formula is C5H5BF3KS. The van der Waals surface area contributed by atoms with E-state index in [4.69, 9.17) is 0 Å². The van der Waals surface area contributed by atoms with Crippen LogP contribution in [0.4, 0.5) is 12.9 Å². The quantitative estimate of drug-likeness (QED) is 0.406. The zero-order valence-corrected chi connectivity index (χ0v) is 10.00. The summed E-state index contributed by atoms with van der Waals surface area (Å²) in [6, 6.07) is 3.98. The Morgan fingerprint density at radius 1 is 1.36 bits per heavy atom. The number of hydrogen-bond donors (Lipinski definition) is 0. The molecule has 0 bridgehead atoms. The van der Waals surface area contributed by atoms with Gasteiger partial charge in [0.1, 0.15) is 0 Å². The molecule has 0 aliphatic carbocycles. The summed E-state index contributed by atoms with van der Waals surface area (Å²) in [5.41, 5.74) is 0. The Morgan fingerprint density at radius 2 is 1.82 bits per heavy atom. The van der Waals surface area contributed by atoms with Gasteiger partial charge < -0.3 is 0 Å². The van der Waals surface area contributed by atoms with Gasteiger partial charge in [-0.05, 0) is 5.38 Å². The van der Waals surface area contributed by atoms with E-state index in [1.54, 1.807) is 11.3 Å². The van der Waals surface area contributed by atoms with E-state index < -0.39 is 7.54 Å². The fourth-order valence-corrected chi connectivity index (χ4v) is 0.802. The molecule has 0 aliphatic heterocycles. The first kappa shape index (κ1) is 14.6. The molecule has 0 saturated heterocycles. The van der Waals surface area contributed by atoms with Gasteiger partial charge in [-0.2, -0.15) is 17.4 Å². The molecule has 0 spiro atoms. The number of rotatable bonds is 0. The van der Waals surface area contributed by atoms with Crippen LogP contribution in [0.1, 0.15) is 4.88 Å². The topological polar surface area (TPSA) is 0 Å². The second-order valence-corrected chi connectivity index (χ2v) is 2.36. The monoisotopic (exact) mass is 204 g/mol. The molecule has 0 unspecified atom stereocenters. The SMILES string of the molecule is FB(F)F.[CH2-]c1cccs1.[K+]. The van der Waals surface area contributed by atoms with Crippen LogP contribution in [0.25, 0.3) is 0 Å². The van der Waals surface area contributed by atoms with Gasteiger partial charge in [-0.25, -0.2) is 6.92 Å². The smallest absolute Gasteiger partial charge is 0.254 e. The maximum atomic E-state index is 9.67. The molecule has 1 aromatic heterocycles. The summed E-state index contributed by atoms with van der Waals surface area (Å²) in [5, 5.41) is 2.02. The minimum atomic E-state index is -3.67. The van der Waals surface area contributed by atoms with E-state index >= 15 is 0 Å². The standard InChI is InChI=1S/C5H5S.BF3.K/c1-5-3-2-4-6-5;2-1(3)4;/h2-4H,1H2;;/q-1;;+1. The van der Waals surface area contributed by atoms with Gasteiger partial charge in [0.15, 0.2) is 0 Å². The van der Waals surface area contributed by atoms with Gasteiger partial charge >= 0.3 is 58.9 Å². The van der Waals surface area contributed by atoms with Crippen LogP contribution in [0.5, 0.6) is 0 Å². The number of hydrogen-bond acceptors (Lipinski definition) is 1. The third kappa shape index (κ3) is 14.0. The minimum absolute atomic E-state index is 0. The van der Waals surface area contributed by atoms with Crippen molar-refractivity contribution in [2.75, 3.05) is 0 Å². The van der Waals surface area contributed by atoms with Crippen molar-refractivity contribution in [2.45, 2.75) is 0 Å². The molecule has 0 atom stereocenters. The van der Waals surface area contributed by atoms with Gasteiger partial charge in [-0.3, -0.25) is 12.9 Å². The Labute approximate surface area is 111 Å². The summed E-state index contributed by atoms with van der Waals surface area (Å²) in [5.74, 6) is 0. The Kier molecular flexibility index (Phi) is 12.1. The van der Waals surface area contributed by atoms with Crippen molar-refractivity contribution in [2.24, 2.45) is 0 Å². The number of halogens is 3. The zero-order valence-electron chi connectivity index (χ0n) is 6.06. The first-order chi connectivity index (χ1) is 4.63. The average molecular weight is 204 g/mol. The van der Waals surface area contributed by atoms with Crippen molar-refractivity contribution < 1.29 is 64.3 Å². The predicted octanol–water partition coefficient (Wildman–Crippen LogP) is -0.186. The first-order valence-corrected chi connectivity index (χ1v) is 3.28. The Hall–Kier alpha value is 1.06. The molecule has 56 valence electrons. The van der Waals surface area contributed by atoms with E-state index in [0.717, 1.165) is 4.88 Å². The molecule has 0 aromatic carbocycles. The summed E-state index contributed by atoms with van der Waals surface area (Å²) >= 11 is 1.67. The van der Waals surface area contributed by atoms with Crippen LogP contribution in [0, 0.1) is 6.92 Å². The van der Waals surface area contributed by atoms with Crippen LogP contribution >= 0.6 is 11.3 Å². The summed E-state index contributed by atoms with van der Waals surface area (Å²) < 4.78 is 29.0. The molecular weight excluding hydrogens is 199 g/mol. The van der Waals surface area contributed by atoms with Crippen LogP contribution in [0.2, 0.25) is 0 Å². The van der Waals surface area contributed by atoms with Gasteiger partial charge in [0.2, 0.25) is 0 Å². The molecule has 6 heteroatoms. The third-order valence-corrected chi connectivity index (χ3v) is 1.31. The number of thiophene rings is 1. The maximum Gasteiger partial charge on any atom is 1.00 e. The van der Waals surface area contributed by atoms with E-state index in [2.05, 4.69) is 6.92 Å². The summed E-state index contributed by atoms with van der Waals surface area (Å²) in [4.78, 5) is 1.13. The average Bonchev–Trinajstić information content (AvgIpc) is 2.15. The fourth-order valence-electron chi connectivity index (χ4n) is 0.313. The molecule has 0 N–H and O–H groups in total. The summed E-state index contributed by atoms with van der Waals surface area (Å²) in [7, 11) is -3.67. The zero-order chi connectivity index (χ0) is 7.98. The minimum Gasteiger partial charge on any atom is -0.254 e. The molecule has 11 heavy (non-hydrogen) atoms. The van der Waals surface area contributed by atoms with E-state index in [0.29, 0.717) is 0 Å². The molecule has 1 rings (SSSR count). The fraction of sp³-hybridized carbons (Fsp3) is 0. The van der Waals surface area contributed by atoms with Gasteiger partial charge in [-0.1, -0.05) is 0 Å². The van der Waals surface area contributed by atoms with E-state index in [9.17, 15) is 12.9 Å². The molecule has 0 saturated carbocycles. The largest absolute Gasteiger partial charge is 1.00 e. The summed E-state index contributed by atoms with van der Waals surface area (Å²) in [6.45, 7) is 3.70. The van der Waals surface area contributed by atoms with Crippen molar-refractivity contribution in [1.82, 2.24) is 0 Å². The van der Waals surface area contributed by atoms with Gasteiger partial charge in [0.05, 0.1) is 0 Å². The van der Waals surface area contributed by atoms with Crippen LogP contribution in [0.15, 0.2) is 17.5 Å². The molecule has 0 fully saturated rings. The third-order valence-electron chi connectivity index (χ3n) is 0.580. The van der Waals surface area contributed by atoms with Crippen LogP contribution in [-0.2, 0) is 0 Å². The van der Waals surface area contributed by atoms with Crippen molar-refractivity contribution in [3.63, 3.8) is 0 Å². The van der Waals surface area contributed by atoms with Crippen molar-refractivity contribution >= 4 is 18.9 Å². The normalized spacial score (nSPS) is 7.18. The molecule has 1 heterocycles. The molecule has 1 aromatic rings. The Bertz CT molecular complexity index is 154. The second-order valence-electron chi connectivity index (χ2n) is 1.33. The first-order valence-electron chi connectivity index (χ1n) is 2.40. The van der Waals surface area contributed by atoms with Gasteiger partial charge in [0, 0.05) is 0 Å². The Balaban J connectivity index is 0. The van der Waals surface area contributed by atoms with Crippen molar-refractivity contribution in [3.8, 4) is 0 Å². The predicted molar refractivity (Wildman–Crippen MR) is 37.9 cm³/mol. The van der Waals surface area contributed by atoms with Crippen LogP contribution in [0.3, 0.4) is 0 Å². The van der Waals surface area contributed by atoms with Crippen molar-refractivity contribution in [1.29, 1.82) is 0 Å². The van der Waals surface area contributed by atoms with Crippen molar-refractivity contribution in [3.05, 3.63) is 29.3 Å². The summed E-state index contributed by atoms with van der Waals surface area (Å²) in [6.07, 6.45) is 0. The van der Waals surface area contributed by atoms with Gasteiger partial charge in [-0.15, -0.1) is 10.9 Å². The molecule has 0 nitrogen and oxygen atoms in total. The van der Waals surface area contributed by atoms with E-state index in [1.807, 2.05) is 17.5 Å². The molecule has 0 aliphatic rings. The van der Waals surface area contributed by atoms with Crippen LogP contribution < -0.4 is 51.4 Å².